The summed E-state index contributed by atoms with van der Waals surface area (Å²) < 4.78 is 5.75. The molecule has 0 saturated heterocycles. The molecule has 0 bridgehead atoms. The highest BCUT2D eigenvalue weighted by Gasteiger charge is 2.01. The Labute approximate surface area is 145 Å². The fraction of sp³-hybridized carbons (Fsp3) is 0.190. The Balaban J connectivity index is 0.00000139. The maximum Gasteiger partial charge on any atom is 0.129 e. The summed E-state index contributed by atoms with van der Waals surface area (Å²) in [7, 11) is 0. The SMILES string of the molecule is C=C/C=C(\C=C)Oc1cccc(CNc2ncccc2C)c1.CC. The van der Waals surface area contributed by atoms with Crippen LogP contribution in [-0.4, -0.2) is 4.98 Å². The average Bonchev–Trinajstić information content (AvgIpc) is 2.63. The minimum absolute atomic E-state index is 0.667. The fourth-order valence-corrected chi connectivity index (χ4v) is 1.97. The van der Waals surface area contributed by atoms with Gasteiger partial charge in [0.25, 0.3) is 0 Å². The number of nitrogens with one attached hydrogen (secondary N) is 1. The summed E-state index contributed by atoms with van der Waals surface area (Å²) in [6.07, 6.45) is 6.89. The van der Waals surface area contributed by atoms with Crippen LogP contribution in [0.2, 0.25) is 0 Å². The first-order chi connectivity index (χ1) is 11.7. The second-order valence-corrected chi connectivity index (χ2v) is 4.78. The summed E-state index contributed by atoms with van der Waals surface area (Å²) in [5.74, 6) is 2.33. The van der Waals surface area contributed by atoms with Gasteiger partial charge in [-0.1, -0.05) is 51.3 Å². The molecule has 0 amide bonds. The zero-order chi connectivity index (χ0) is 17.8. The van der Waals surface area contributed by atoms with Crippen molar-refractivity contribution in [1.29, 1.82) is 0 Å². The average molecular weight is 322 g/mol. The first-order valence-electron chi connectivity index (χ1n) is 8.10. The highest BCUT2D eigenvalue weighted by molar-refractivity contribution is 5.43. The van der Waals surface area contributed by atoms with Crippen LogP contribution in [0.4, 0.5) is 5.82 Å². The monoisotopic (exact) mass is 322 g/mol. The van der Waals surface area contributed by atoms with E-state index >= 15 is 0 Å². The number of pyridine rings is 1. The van der Waals surface area contributed by atoms with E-state index < -0.39 is 0 Å². The predicted octanol–water partition coefficient (Wildman–Crippen LogP) is 5.66. The molecule has 1 aromatic carbocycles. The second kappa shape index (κ2) is 10.8. The zero-order valence-corrected chi connectivity index (χ0v) is 14.8. The normalized spacial score (nSPS) is 10.2. The van der Waals surface area contributed by atoms with Crippen LogP contribution >= 0.6 is 0 Å². The van der Waals surface area contributed by atoms with Gasteiger partial charge < -0.3 is 10.1 Å². The maximum absolute atomic E-state index is 5.75. The van der Waals surface area contributed by atoms with Crippen LogP contribution in [0.15, 0.2) is 79.7 Å². The lowest BCUT2D eigenvalue weighted by atomic mass is 10.2. The quantitative estimate of drug-likeness (QED) is 0.527. The van der Waals surface area contributed by atoms with Crippen molar-refractivity contribution in [2.75, 3.05) is 5.32 Å². The number of aromatic nitrogens is 1. The van der Waals surface area contributed by atoms with Crippen molar-refractivity contribution >= 4 is 5.82 Å². The summed E-state index contributed by atoms with van der Waals surface area (Å²) >= 11 is 0. The van der Waals surface area contributed by atoms with Crippen LogP contribution in [-0.2, 0) is 6.54 Å². The summed E-state index contributed by atoms with van der Waals surface area (Å²) in [5, 5.41) is 3.33. The Morgan fingerprint density at radius 3 is 2.67 bits per heavy atom. The fourth-order valence-electron chi connectivity index (χ4n) is 1.97. The lowest BCUT2D eigenvalue weighted by molar-refractivity contribution is 0.444. The number of rotatable bonds is 7. The molecule has 0 fully saturated rings. The minimum atomic E-state index is 0.667. The molecule has 0 radical (unpaired) electrons. The molecular formula is C21H26N2O. The Hall–Kier alpha value is -2.81. The number of ether oxygens (including phenoxy) is 1. The van der Waals surface area contributed by atoms with Gasteiger partial charge in [0.15, 0.2) is 0 Å². The Morgan fingerprint density at radius 1 is 1.21 bits per heavy atom. The summed E-state index contributed by atoms with van der Waals surface area (Å²) in [6.45, 7) is 14.1. The summed E-state index contributed by atoms with van der Waals surface area (Å²) in [5.41, 5.74) is 2.24. The van der Waals surface area contributed by atoms with E-state index in [0.717, 1.165) is 22.7 Å². The minimum Gasteiger partial charge on any atom is -0.457 e. The van der Waals surface area contributed by atoms with Gasteiger partial charge in [0, 0.05) is 12.7 Å². The molecular weight excluding hydrogens is 296 g/mol. The molecule has 0 aliphatic rings. The number of aryl methyl sites for hydroxylation is 1. The lowest BCUT2D eigenvalue weighted by Gasteiger charge is -2.10. The first-order valence-corrected chi connectivity index (χ1v) is 8.10. The molecule has 2 rings (SSSR count). The second-order valence-electron chi connectivity index (χ2n) is 4.78. The molecule has 1 N–H and O–H groups in total. The molecule has 2 aromatic rings. The highest BCUT2D eigenvalue weighted by Crippen LogP contribution is 2.18. The van der Waals surface area contributed by atoms with Crippen LogP contribution in [0.1, 0.15) is 25.0 Å². The maximum atomic E-state index is 5.75. The highest BCUT2D eigenvalue weighted by atomic mass is 16.5. The largest absolute Gasteiger partial charge is 0.457 e. The van der Waals surface area contributed by atoms with Gasteiger partial charge in [0.05, 0.1) is 0 Å². The van der Waals surface area contributed by atoms with Crippen molar-refractivity contribution in [1.82, 2.24) is 4.98 Å². The summed E-state index contributed by atoms with van der Waals surface area (Å²) in [6, 6.07) is 11.9. The molecule has 126 valence electrons. The van der Waals surface area contributed by atoms with E-state index in [0.29, 0.717) is 12.3 Å². The Bertz CT molecular complexity index is 690. The lowest BCUT2D eigenvalue weighted by Crippen LogP contribution is -2.03. The van der Waals surface area contributed by atoms with Gasteiger partial charge in [-0.15, -0.1) is 0 Å². The third-order valence-corrected chi connectivity index (χ3v) is 3.09. The Morgan fingerprint density at radius 2 is 2.00 bits per heavy atom. The molecule has 24 heavy (non-hydrogen) atoms. The molecule has 1 aromatic heterocycles. The van der Waals surface area contributed by atoms with Crippen molar-refractivity contribution in [3.05, 3.63) is 90.9 Å². The molecule has 0 spiro atoms. The zero-order valence-electron chi connectivity index (χ0n) is 14.8. The van der Waals surface area contributed by atoms with Gasteiger partial charge in [-0.2, -0.15) is 0 Å². The van der Waals surface area contributed by atoms with E-state index in [1.807, 2.05) is 57.2 Å². The van der Waals surface area contributed by atoms with Crippen molar-refractivity contribution in [3.63, 3.8) is 0 Å². The standard InChI is InChI=1S/C19H20N2O.C2H6/c1-4-8-17(5-2)22-18-11-6-10-16(13-18)14-21-19-15(3)9-7-12-20-19;1-2/h4-13H,1-2,14H2,3H3,(H,20,21);1-2H3/b17-8+;. The van der Waals surface area contributed by atoms with Crippen molar-refractivity contribution in [3.8, 4) is 5.75 Å². The number of allylic oxidation sites excluding steroid dienone is 3. The van der Waals surface area contributed by atoms with Gasteiger partial charge in [-0.3, -0.25) is 0 Å². The van der Waals surface area contributed by atoms with Gasteiger partial charge >= 0.3 is 0 Å². The molecule has 0 saturated carbocycles. The van der Waals surface area contributed by atoms with E-state index in [4.69, 9.17) is 4.74 Å². The number of nitrogens with zero attached hydrogens (tertiary/aromatic N) is 1. The van der Waals surface area contributed by atoms with E-state index in [1.54, 1.807) is 24.4 Å². The van der Waals surface area contributed by atoms with E-state index in [-0.39, 0.29) is 0 Å². The molecule has 0 aliphatic heterocycles. The van der Waals surface area contributed by atoms with Crippen LogP contribution in [0.5, 0.6) is 5.75 Å². The van der Waals surface area contributed by atoms with Gasteiger partial charge in [0.1, 0.15) is 17.3 Å². The number of hydrogen-bond donors (Lipinski definition) is 1. The first kappa shape index (κ1) is 19.2. The number of benzene rings is 1. The Kier molecular flexibility index (Phi) is 8.69. The van der Waals surface area contributed by atoms with Crippen LogP contribution < -0.4 is 10.1 Å². The molecule has 1 heterocycles. The number of anilines is 1. The van der Waals surface area contributed by atoms with Crippen LogP contribution in [0.25, 0.3) is 0 Å². The van der Waals surface area contributed by atoms with Gasteiger partial charge in [-0.05, 0) is 48.4 Å². The van der Waals surface area contributed by atoms with E-state index in [1.165, 1.54) is 0 Å². The third kappa shape index (κ3) is 6.13. The predicted molar refractivity (Wildman–Crippen MR) is 103 cm³/mol. The summed E-state index contributed by atoms with van der Waals surface area (Å²) in [4.78, 5) is 4.33. The van der Waals surface area contributed by atoms with Gasteiger partial charge in [0.2, 0.25) is 0 Å². The third-order valence-electron chi connectivity index (χ3n) is 3.09. The molecule has 3 heteroatoms. The van der Waals surface area contributed by atoms with Gasteiger partial charge in [-0.25, -0.2) is 4.98 Å². The number of hydrogen-bond acceptors (Lipinski definition) is 3. The van der Waals surface area contributed by atoms with Crippen LogP contribution in [0, 0.1) is 6.92 Å². The molecule has 0 unspecified atom stereocenters. The van der Waals surface area contributed by atoms with Crippen LogP contribution in [0.3, 0.4) is 0 Å². The van der Waals surface area contributed by atoms with Crippen molar-refractivity contribution in [2.24, 2.45) is 0 Å². The smallest absolute Gasteiger partial charge is 0.129 e. The van der Waals surface area contributed by atoms with Crippen molar-refractivity contribution in [2.45, 2.75) is 27.3 Å². The molecule has 0 aliphatic carbocycles. The molecule has 0 atom stereocenters. The van der Waals surface area contributed by atoms with E-state index in [9.17, 15) is 0 Å². The van der Waals surface area contributed by atoms with E-state index in [2.05, 4.69) is 23.5 Å². The topological polar surface area (TPSA) is 34.1 Å². The molecule has 3 nitrogen and oxygen atoms in total. The van der Waals surface area contributed by atoms with Crippen molar-refractivity contribution < 1.29 is 4.74 Å².